The largest absolute Gasteiger partial charge is 0.444 e. The number of aromatic amines is 1. The van der Waals surface area contributed by atoms with Crippen LogP contribution < -0.4 is 0 Å². The Balaban J connectivity index is 1.88. The van der Waals surface area contributed by atoms with Crippen LogP contribution in [0, 0.1) is 5.92 Å². The van der Waals surface area contributed by atoms with Crippen molar-refractivity contribution >= 4 is 6.09 Å². The zero-order valence-corrected chi connectivity index (χ0v) is 14.3. The lowest BCUT2D eigenvalue weighted by Gasteiger charge is -2.31. The number of carbonyl (C=O) groups excluding carboxylic acids is 1. The Labute approximate surface area is 138 Å². The molecule has 2 unspecified atom stereocenters. The summed E-state index contributed by atoms with van der Waals surface area (Å²) < 4.78 is 46.1. The van der Waals surface area contributed by atoms with Crippen molar-refractivity contribution in [2.75, 3.05) is 6.54 Å². The smallest absolute Gasteiger partial charge is 0.410 e. The molecular weight excluding hydrogens is 323 g/mol. The molecule has 0 spiro atoms. The van der Waals surface area contributed by atoms with E-state index >= 15 is 0 Å². The number of aromatic nitrogens is 2. The van der Waals surface area contributed by atoms with Gasteiger partial charge in [0.2, 0.25) is 0 Å². The molecule has 1 aromatic rings. The van der Waals surface area contributed by atoms with Crippen LogP contribution in [0.3, 0.4) is 0 Å². The summed E-state index contributed by atoms with van der Waals surface area (Å²) in [5, 5.41) is 6.74. The molecule has 3 rings (SSSR count). The maximum atomic E-state index is 13.6. The number of rotatable bonds is 1. The van der Waals surface area contributed by atoms with Crippen molar-refractivity contribution in [3.63, 3.8) is 0 Å². The summed E-state index contributed by atoms with van der Waals surface area (Å²) in [6.45, 7) is 7.36. The molecule has 1 aromatic heterocycles. The standard InChI is InChI=1S/C16H22F3N3O2/c1-9-7-15(9,16(17,18)19)12-10-8-22(6-5-11(10)20-21-12)13(23)24-14(2,3)4/h9H,5-8H2,1-4H3,(H,20,21). The summed E-state index contributed by atoms with van der Waals surface area (Å²) in [5.41, 5.74) is -1.30. The van der Waals surface area contributed by atoms with E-state index in [0.717, 1.165) is 0 Å². The Morgan fingerprint density at radius 2 is 2.00 bits per heavy atom. The number of H-pyrrole nitrogens is 1. The van der Waals surface area contributed by atoms with Gasteiger partial charge < -0.3 is 9.64 Å². The molecule has 1 saturated carbocycles. The number of alkyl halides is 3. The van der Waals surface area contributed by atoms with Crippen LogP contribution >= 0.6 is 0 Å². The summed E-state index contributed by atoms with van der Waals surface area (Å²) in [6, 6.07) is 0. The number of ether oxygens (including phenoxy) is 1. The van der Waals surface area contributed by atoms with Crippen molar-refractivity contribution in [1.82, 2.24) is 15.1 Å². The van der Waals surface area contributed by atoms with Crippen LogP contribution in [0.5, 0.6) is 0 Å². The average Bonchev–Trinajstić information content (AvgIpc) is 2.94. The summed E-state index contributed by atoms with van der Waals surface area (Å²) in [7, 11) is 0. The van der Waals surface area contributed by atoms with E-state index in [-0.39, 0.29) is 18.7 Å². The number of hydrogen-bond acceptors (Lipinski definition) is 3. The highest BCUT2D eigenvalue weighted by Gasteiger charge is 2.71. The van der Waals surface area contributed by atoms with Crippen molar-refractivity contribution < 1.29 is 22.7 Å². The molecule has 0 aromatic carbocycles. The van der Waals surface area contributed by atoms with Gasteiger partial charge in [-0.2, -0.15) is 18.3 Å². The fourth-order valence-electron chi connectivity index (χ4n) is 3.43. The number of fused-ring (bicyclic) bond motifs is 1. The minimum atomic E-state index is -4.34. The van der Waals surface area contributed by atoms with Gasteiger partial charge in [-0.1, -0.05) is 6.92 Å². The second kappa shape index (κ2) is 5.13. The lowest BCUT2D eigenvalue weighted by atomic mass is 9.92. The summed E-state index contributed by atoms with van der Waals surface area (Å²) >= 11 is 0. The average molecular weight is 345 g/mol. The topological polar surface area (TPSA) is 58.2 Å². The number of halogens is 3. The summed E-state index contributed by atoms with van der Waals surface area (Å²) in [5.74, 6) is -0.498. The Morgan fingerprint density at radius 1 is 1.38 bits per heavy atom. The second-order valence-electron chi connectivity index (χ2n) is 7.76. The van der Waals surface area contributed by atoms with Crippen LogP contribution in [0.4, 0.5) is 18.0 Å². The zero-order valence-electron chi connectivity index (χ0n) is 14.3. The van der Waals surface area contributed by atoms with E-state index in [1.165, 1.54) is 4.90 Å². The molecule has 1 aliphatic heterocycles. The van der Waals surface area contributed by atoms with Crippen molar-refractivity contribution in [2.24, 2.45) is 5.92 Å². The molecule has 0 bridgehead atoms. The highest BCUT2D eigenvalue weighted by atomic mass is 19.4. The fraction of sp³-hybridized carbons (Fsp3) is 0.750. The molecule has 8 heteroatoms. The van der Waals surface area contributed by atoms with Crippen LogP contribution in [0.15, 0.2) is 0 Å². The summed E-state index contributed by atoms with van der Waals surface area (Å²) in [6.07, 6.45) is -4.36. The zero-order chi connectivity index (χ0) is 17.9. The van der Waals surface area contributed by atoms with Gasteiger partial charge in [0.15, 0.2) is 0 Å². The maximum absolute atomic E-state index is 13.6. The molecule has 2 heterocycles. The number of nitrogens with one attached hydrogen (secondary N) is 1. The van der Waals surface area contributed by atoms with Gasteiger partial charge in [0.1, 0.15) is 11.0 Å². The molecule has 1 amide bonds. The number of carbonyl (C=O) groups is 1. The Hall–Kier alpha value is -1.73. The van der Waals surface area contributed by atoms with Gasteiger partial charge >= 0.3 is 12.3 Å². The predicted molar refractivity (Wildman–Crippen MR) is 80.4 cm³/mol. The van der Waals surface area contributed by atoms with Gasteiger partial charge in [-0.3, -0.25) is 5.10 Å². The monoisotopic (exact) mass is 345 g/mol. The van der Waals surface area contributed by atoms with E-state index in [2.05, 4.69) is 10.2 Å². The van der Waals surface area contributed by atoms with Gasteiger partial charge in [0.25, 0.3) is 0 Å². The van der Waals surface area contributed by atoms with Crippen molar-refractivity contribution in [3.05, 3.63) is 17.0 Å². The molecule has 24 heavy (non-hydrogen) atoms. The van der Waals surface area contributed by atoms with E-state index in [0.29, 0.717) is 24.2 Å². The molecule has 1 aliphatic carbocycles. The van der Waals surface area contributed by atoms with Gasteiger partial charge in [-0.15, -0.1) is 0 Å². The first-order chi connectivity index (χ1) is 11.0. The molecule has 2 aliphatic rings. The van der Waals surface area contributed by atoms with E-state index in [1.54, 1.807) is 27.7 Å². The molecule has 0 saturated heterocycles. The van der Waals surface area contributed by atoms with E-state index in [1.807, 2.05) is 0 Å². The lowest BCUT2D eigenvalue weighted by Crippen LogP contribution is -2.41. The van der Waals surface area contributed by atoms with Crippen molar-refractivity contribution in [3.8, 4) is 0 Å². The highest BCUT2D eigenvalue weighted by molar-refractivity contribution is 5.68. The van der Waals surface area contributed by atoms with Crippen molar-refractivity contribution in [1.29, 1.82) is 0 Å². The first kappa shape index (κ1) is 17.1. The minimum absolute atomic E-state index is 0.0419. The van der Waals surface area contributed by atoms with Gasteiger partial charge in [-0.25, -0.2) is 4.79 Å². The first-order valence-corrected chi connectivity index (χ1v) is 8.07. The third-order valence-electron chi connectivity index (χ3n) is 4.82. The maximum Gasteiger partial charge on any atom is 0.410 e. The molecule has 1 N–H and O–H groups in total. The van der Waals surface area contributed by atoms with Crippen LogP contribution in [-0.4, -0.2) is 39.5 Å². The first-order valence-electron chi connectivity index (χ1n) is 8.07. The number of amides is 1. The predicted octanol–water partition coefficient (Wildman–Crippen LogP) is 3.54. The second-order valence-corrected chi connectivity index (χ2v) is 7.76. The Kier molecular flexibility index (Phi) is 3.66. The van der Waals surface area contributed by atoms with E-state index in [9.17, 15) is 18.0 Å². The van der Waals surface area contributed by atoms with E-state index < -0.39 is 29.2 Å². The number of nitrogens with zero attached hydrogens (tertiary/aromatic N) is 2. The van der Waals surface area contributed by atoms with Crippen molar-refractivity contribution in [2.45, 2.75) is 64.3 Å². The molecule has 5 nitrogen and oxygen atoms in total. The fourth-order valence-corrected chi connectivity index (χ4v) is 3.43. The minimum Gasteiger partial charge on any atom is -0.444 e. The SMILES string of the molecule is CC1CC1(c1n[nH]c2c1CN(C(=O)OC(C)(C)C)CC2)C(F)(F)F. The van der Waals surface area contributed by atoms with Crippen LogP contribution in [0.25, 0.3) is 0 Å². The quantitative estimate of drug-likeness (QED) is 0.847. The number of hydrogen-bond donors (Lipinski definition) is 1. The highest BCUT2D eigenvalue weighted by Crippen LogP contribution is 2.63. The third kappa shape index (κ3) is 2.65. The van der Waals surface area contributed by atoms with Crippen LogP contribution in [0.1, 0.15) is 51.1 Å². The lowest BCUT2D eigenvalue weighted by molar-refractivity contribution is -0.165. The van der Waals surface area contributed by atoms with Crippen LogP contribution in [-0.2, 0) is 23.1 Å². The molecule has 2 atom stereocenters. The molecule has 134 valence electrons. The van der Waals surface area contributed by atoms with Gasteiger partial charge in [0.05, 0.1) is 12.2 Å². The molecular formula is C16H22F3N3O2. The normalized spacial score (nSPS) is 27.0. The summed E-state index contributed by atoms with van der Waals surface area (Å²) in [4.78, 5) is 13.7. The molecule has 0 radical (unpaired) electrons. The Bertz CT molecular complexity index is 663. The van der Waals surface area contributed by atoms with Gasteiger partial charge in [-0.05, 0) is 33.1 Å². The van der Waals surface area contributed by atoms with E-state index in [4.69, 9.17) is 4.74 Å². The van der Waals surface area contributed by atoms with Gasteiger partial charge in [0, 0.05) is 24.2 Å². The van der Waals surface area contributed by atoms with Crippen LogP contribution in [0.2, 0.25) is 0 Å². The Morgan fingerprint density at radius 3 is 2.50 bits per heavy atom. The third-order valence-corrected chi connectivity index (χ3v) is 4.82. The molecule has 1 fully saturated rings.